The van der Waals surface area contributed by atoms with Crippen LogP contribution in [0.15, 0.2) is 54.6 Å². The van der Waals surface area contributed by atoms with Crippen molar-refractivity contribution in [3.8, 4) is 6.07 Å². The van der Waals surface area contributed by atoms with Crippen LogP contribution in [0.3, 0.4) is 0 Å². The monoisotopic (exact) mass is 267 g/mol. The van der Waals surface area contributed by atoms with Crippen LogP contribution in [0.2, 0.25) is 0 Å². The molecule has 0 radical (unpaired) electrons. The Morgan fingerprint density at radius 1 is 1.11 bits per heavy atom. The zero-order valence-electron chi connectivity index (χ0n) is 10.3. The van der Waals surface area contributed by atoms with Crippen LogP contribution in [0.25, 0.3) is 0 Å². The quantitative estimate of drug-likeness (QED) is 0.869. The minimum atomic E-state index is 0.313. The summed E-state index contributed by atoms with van der Waals surface area (Å²) in [6.07, 6.45) is 0. The number of hydrogen-bond acceptors (Lipinski definition) is 2. The van der Waals surface area contributed by atoms with Gasteiger partial charge in [-0.2, -0.15) is 5.26 Å². The second-order valence-corrected chi connectivity index (χ2v) is 4.49. The molecule has 2 rings (SSSR count). The third-order valence-electron chi connectivity index (χ3n) is 2.76. The number of nitrogens with two attached hydrogens (primary N) is 1. The molecule has 0 aliphatic carbocycles. The highest BCUT2D eigenvalue weighted by atomic mass is 32.1. The first kappa shape index (κ1) is 13.1. The molecule has 2 N–H and O–H groups in total. The maximum Gasteiger partial charge on any atom is 0.171 e. The summed E-state index contributed by atoms with van der Waals surface area (Å²) in [5.41, 5.74) is 8.41. The summed E-state index contributed by atoms with van der Waals surface area (Å²) in [6.45, 7) is 0.613. The molecule has 0 heterocycles. The summed E-state index contributed by atoms with van der Waals surface area (Å²) in [5, 5.41) is 9.11. The molecule has 0 unspecified atom stereocenters. The highest BCUT2D eigenvalue weighted by Crippen LogP contribution is 2.18. The summed E-state index contributed by atoms with van der Waals surface area (Å²) in [6, 6.07) is 19.3. The van der Waals surface area contributed by atoms with E-state index in [1.807, 2.05) is 47.4 Å². The Bertz CT molecular complexity index is 600. The third-order valence-corrected chi connectivity index (χ3v) is 2.98. The highest BCUT2D eigenvalue weighted by molar-refractivity contribution is 7.80. The van der Waals surface area contributed by atoms with Crippen molar-refractivity contribution in [2.45, 2.75) is 6.54 Å². The molecule has 0 saturated heterocycles. The molecule has 0 fully saturated rings. The molecule has 2 aromatic rings. The number of benzene rings is 2. The maximum atomic E-state index is 8.80. The van der Waals surface area contributed by atoms with Gasteiger partial charge < -0.3 is 10.6 Å². The predicted molar refractivity (Wildman–Crippen MR) is 80.6 cm³/mol. The lowest BCUT2D eigenvalue weighted by Crippen LogP contribution is -2.34. The molecule has 0 saturated carbocycles. The Morgan fingerprint density at radius 3 is 2.26 bits per heavy atom. The molecule has 19 heavy (non-hydrogen) atoms. The Kier molecular flexibility index (Phi) is 4.11. The Labute approximate surface area is 117 Å². The van der Waals surface area contributed by atoms with Gasteiger partial charge in [0.2, 0.25) is 0 Å². The minimum absolute atomic E-state index is 0.313. The van der Waals surface area contributed by atoms with Gasteiger partial charge in [-0.15, -0.1) is 0 Å². The van der Waals surface area contributed by atoms with Crippen molar-refractivity contribution in [1.29, 1.82) is 5.26 Å². The van der Waals surface area contributed by atoms with Crippen LogP contribution in [0.5, 0.6) is 0 Å². The number of nitriles is 1. The van der Waals surface area contributed by atoms with Gasteiger partial charge in [0.15, 0.2) is 5.11 Å². The van der Waals surface area contributed by atoms with Crippen molar-refractivity contribution in [3.05, 3.63) is 65.7 Å². The normalized spacial score (nSPS) is 9.63. The molecule has 0 aliphatic rings. The van der Waals surface area contributed by atoms with Gasteiger partial charge in [0.05, 0.1) is 18.2 Å². The van der Waals surface area contributed by atoms with Crippen molar-refractivity contribution >= 4 is 23.0 Å². The van der Waals surface area contributed by atoms with Crippen LogP contribution in [0.4, 0.5) is 5.69 Å². The predicted octanol–water partition coefficient (Wildman–Crippen LogP) is 2.81. The highest BCUT2D eigenvalue weighted by Gasteiger charge is 2.09. The SMILES string of the molecule is N#Cc1ccc(N(Cc2ccccc2)C(N)=S)cc1. The summed E-state index contributed by atoms with van der Waals surface area (Å²) >= 11 is 5.10. The van der Waals surface area contributed by atoms with Gasteiger partial charge in [0, 0.05) is 5.69 Å². The molecule has 0 atom stereocenters. The molecule has 0 amide bonds. The first-order valence-corrected chi connectivity index (χ1v) is 6.22. The van der Waals surface area contributed by atoms with E-state index in [2.05, 4.69) is 6.07 Å². The summed E-state index contributed by atoms with van der Waals surface area (Å²) < 4.78 is 0. The molecule has 2 aromatic carbocycles. The van der Waals surface area contributed by atoms with Crippen molar-refractivity contribution < 1.29 is 0 Å². The van der Waals surface area contributed by atoms with Crippen molar-refractivity contribution in [2.75, 3.05) is 4.90 Å². The van der Waals surface area contributed by atoms with Crippen LogP contribution in [-0.2, 0) is 6.54 Å². The van der Waals surface area contributed by atoms with E-state index in [0.29, 0.717) is 17.2 Å². The summed E-state index contributed by atoms with van der Waals surface area (Å²) in [4.78, 5) is 1.84. The van der Waals surface area contributed by atoms with Crippen molar-refractivity contribution in [1.82, 2.24) is 0 Å². The molecule has 94 valence electrons. The zero-order chi connectivity index (χ0) is 13.7. The molecular weight excluding hydrogens is 254 g/mol. The van der Waals surface area contributed by atoms with Crippen LogP contribution in [0.1, 0.15) is 11.1 Å². The molecule has 3 nitrogen and oxygen atoms in total. The van der Waals surface area contributed by atoms with Gasteiger partial charge in [0.1, 0.15) is 0 Å². The molecule has 0 spiro atoms. The number of hydrogen-bond donors (Lipinski definition) is 1. The maximum absolute atomic E-state index is 8.80. The standard InChI is InChI=1S/C15H13N3S/c16-10-12-6-8-14(9-7-12)18(15(17)19)11-13-4-2-1-3-5-13/h1-9H,11H2,(H2,17,19). The van der Waals surface area contributed by atoms with Gasteiger partial charge in [-0.1, -0.05) is 30.3 Å². The first-order valence-electron chi connectivity index (χ1n) is 5.82. The lowest BCUT2D eigenvalue weighted by atomic mass is 10.2. The fourth-order valence-corrected chi connectivity index (χ4v) is 1.95. The van der Waals surface area contributed by atoms with E-state index in [9.17, 15) is 0 Å². The number of rotatable bonds is 3. The van der Waals surface area contributed by atoms with Crippen molar-refractivity contribution in [3.63, 3.8) is 0 Å². The minimum Gasteiger partial charge on any atom is -0.376 e. The van der Waals surface area contributed by atoms with Gasteiger partial charge in [-0.05, 0) is 42.0 Å². The van der Waals surface area contributed by atoms with Crippen LogP contribution in [-0.4, -0.2) is 5.11 Å². The van der Waals surface area contributed by atoms with E-state index in [0.717, 1.165) is 11.3 Å². The lowest BCUT2D eigenvalue weighted by Gasteiger charge is -2.23. The average Bonchev–Trinajstić information content (AvgIpc) is 2.46. The van der Waals surface area contributed by atoms with E-state index in [1.165, 1.54) is 0 Å². The smallest absolute Gasteiger partial charge is 0.171 e. The summed E-state index contributed by atoms with van der Waals surface area (Å²) in [7, 11) is 0. The van der Waals surface area contributed by atoms with Gasteiger partial charge in [0.25, 0.3) is 0 Å². The van der Waals surface area contributed by atoms with E-state index in [1.54, 1.807) is 12.1 Å². The van der Waals surface area contributed by atoms with Crippen LogP contribution >= 0.6 is 12.2 Å². The summed E-state index contributed by atoms with van der Waals surface area (Å²) in [5.74, 6) is 0. The lowest BCUT2D eigenvalue weighted by molar-refractivity contribution is 1.01. The number of nitrogens with zero attached hydrogens (tertiary/aromatic N) is 2. The van der Waals surface area contributed by atoms with E-state index in [-0.39, 0.29) is 0 Å². The number of thiocarbonyl (C=S) groups is 1. The van der Waals surface area contributed by atoms with Gasteiger partial charge in [-0.25, -0.2) is 0 Å². The first-order chi connectivity index (χ1) is 9.20. The fraction of sp³-hybridized carbons (Fsp3) is 0.0667. The van der Waals surface area contributed by atoms with E-state index < -0.39 is 0 Å². The Morgan fingerprint density at radius 2 is 1.74 bits per heavy atom. The second kappa shape index (κ2) is 5.98. The van der Waals surface area contributed by atoms with Crippen molar-refractivity contribution in [2.24, 2.45) is 5.73 Å². The molecule has 4 heteroatoms. The van der Waals surface area contributed by atoms with E-state index >= 15 is 0 Å². The second-order valence-electron chi connectivity index (χ2n) is 4.07. The van der Waals surface area contributed by atoms with Gasteiger partial charge in [-0.3, -0.25) is 0 Å². The largest absolute Gasteiger partial charge is 0.376 e. The van der Waals surface area contributed by atoms with Crippen LogP contribution < -0.4 is 10.6 Å². The fourth-order valence-electron chi connectivity index (χ4n) is 1.78. The average molecular weight is 267 g/mol. The molecule has 0 bridgehead atoms. The van der Waals surface area contributed by atoms with E-state index in [4.69, 9.17) is 23.2 Å². The molecule has 0 aromatic heterocycles. The van der Waals surface area contributed by atoms with Gasteiger partial charge >= 0.3 is 0 Å². The number of anilines is 1. The molecular formula is C15H13N3S. The third kappa shape index (κ3) is 3.30. The van der Waals surface area contributed by atoms with Crippen LogP contribution in [0, 0.1) is 11.3 Å². The Hall–Kier alpha value is -2.38. The zero-order valence-corrected chi connectivity index (χ0v) is 11.1. The topological polar surface area (TPSA) is 53.0 Å². The molecule has 0 aliphatic heterocycles. The Balaban J connectivity index is 2.25.